The molecule has 2 rings (SSSR count). The summed E-state index contributed by atoms with van der Waals surface area (Å²) in [6.07, 6.45) is 1.23. The fourth-order valence-electron chi connectivity index (χ4n) is 1.92. The molecule has 0 bridgehead atoms. The Morgan fingerprint density at radius 2 is 2.13 bits per heavy atom. The van der Waals surface area contributed by atoms with Gasteiger partial charge in [0.25, 0.3) is 0 Å². The Hall–Kier alpha value is -1.32. The second kappa shape index (κ2) is 3.68. The molecule has 80 valence electrons. The van der Waals surface area contributed by atoms with Crippen molar-refractivity contribution in [3.05, 3.63) is 35.5 Å². The highest BCUT2D eigenvalue weighted by molar-refractivity contribution is 5.86. The van der Waals surface area contributed by atoms with Crippen LogP contribution in [0.5, 0.6) is 0 Å². The van der Waals surface area contributed by atoms with Crippen molar-refractivity contribution in [2.75, 3.05) is 0 Å². The van der Waals surface area contributed by atoms with Crippen LogP contribution in [-0.4, -0.2) is 16.1 Å². The second-order valence-corrected chi connectivity index (χ2v) is 4.05. The van der Waals surface area contributed by atoms with Crippen LogP contribution in [0.3, 0.4) is 0 Å². The molecule has 1 aromatic carbocycles. The van der Waals surface area contributed by atoms with Crippen molar-refractivity contribution in [2.24, 2.45) is 5.73 Å². The highest BCUT2D eigenvalue weighted by Gasteiger charge is 2.17. The van der Waals surface area contributed by atoms with E-state index in [4.69, 9.17) is 5.73 Å². The van der Waals surface area contributed by atoms with Crippen molar-refractivity contribution in [1.82, 2.24) is 4.98 Å². The molecular weight excluding hydrogens is 188 g/mol. The average Bonchev–Trinajstić information content (AvgIpc) is 2.61. The standard InChI is InChI=1S/C12H16N2O/c1-7-4-3-5-10-11(7)9(6-14-10)12(15)8(2)13/h3-6,8,12,14-15H,13H2,1-2H3. The summed E-state index contributed by atoms with van der Waals surface area (Å²) < 4.78 is 0. The van der Waals surface area contributed by atoms with E-state index in [1.807, 2.05) is 38.2 Å². The first-order chi connectivity index (χ1) is 7.11. The number of fused-ring (bicyclic) bond motifs is 1. The number of H-pyrrole nitrogens is 1. The molecule has 1 heterocycles. The first-order valence-corrected chi connectivity index (χ1v) is 5.11. The van der Waals surface area contributed by atoms with Crippen LogP contribution in [0.4, 0.5) is 0 Å². The molecule has 3 heteroatoms. The summed E-state index contributed by atoms with van der Waals surface area (Å²) in [5.74, 6) is 0. The number of benzene rings is 1. The molecule has 0 fully saturated rings. The third-order valence-corrected chi connectivity index (χ3v) is 2.76. The van der Waals surface area contributed by atoms with E-state index in [2.05, 4.69) is 4.98 Å². The van der Waals surface area contributed by atoms with Gasteiger partial charge in [0.05, 0.1) is 6.10 Å². The molecule has 0 aliphatic rings. The summed E-state index contributed by atoms with van der Waals surface area (Å²) in [6.45, 7) is 3.84. The zero-order chi connectivity index (χ0) is 11.0. The van der Waals surface area contributed by atoms with E-state index in [9.17, 15) is 5.11 Å². The molecule has 2 aromatic rings. The molecule has 1 aromatic heterocycles. The molecule has 15 heavy (non-hydrogen) atoms. The van der Waals surface area contributed by atoms with Crippen LogP contribution in [0.15, 0.2) is 24.4 Å². The number of aromatic amines is 1. The third-order valence-electron chi connectivity index (χ3n) is 2.76. The van der Waals surface area contributed by atoms with Crippen molar-refractivity contribution in [1.29, 1.82) is 0 Å². The number of aliphatic hydroxyl groups is 1. The summed E-state index contributed by atoms with van der Waals surface area (Å²) in [6, 6.07) is 5.77. The lowest BCUT2D eigenvalue weighted by atomic mass is 10.0. The predicted octanol–water partition coefficient (Wildman–Crippen LogP) is 1.86. The summed E-state index contributed by atoms with van der Waals surface area (Å²) in [5.41, 5.74) is 8.79. The summed E-state index contributed by atoms with van der Waals surface area (Å²) >= 11 is 0. The Balaban J connectivity index is 2.62. The molecule has 0 radical (unpaired) electrons. The summed E-state index contributed by atoms with van der Waals surface area (Å²) in [5, 5.41) is 11.0. The molecule has 0 aliphatic carbocycles. The third kappa shape index (κ3) is 1.64. The van der Waals surface area contributed by atoms with Crippen LogP contribution in [0, 0.1) is 6.92 Å². The maximum atomic E-state index is 9.96. The van der Waals surface area contributed by atoms with Crippen molar-refractivity contribution in [3.8, 4) is 0 Å². The van der Waals surface area contributed by atoms with Gasteiger partial charge in [0.15, 0.2) is 0 Å². The van der Waals surface area contributed by atoms with Crippen molar-refractivity contribution < 1.29 is 5.11 Å². The second-order valence-electron chi connectivity index (χ2n) is 4.05. The first-order valence-electron chi connectivity index (χ1n) is 5.11. The number of nitrogens with two attached hydrogens (primary N) is 1. The van der Waals surface area contributed by atoms with Crippen LogP contribution in [0.1, 0.15) is 24.2 Å². The Kier molecular flexibility index (Phi) is 2.50. The highest BCUT2D eigenvalue weighted by Crippen LogP contribution is 2.28. The lowest BCUT2D eigenvalue weighted by Crippen LogP contribution is -2.24. The van der Waals surface area contributed by atoms with Crippen LogP contribution < -0.4 is 5.73 Å². The Labute approximate surface area is 88.9 Å². The maximum absolute atomic E-state index is 9.96. The van der Waals surface area contributed by atoms with Crippen LogP contribution in [0.25, 0.3) is 10.9 Å². The molecule has 3 nitrogen and oxygen atoms in total. The first kappa shape index (κ1) is 10.2. The zero-order valence-corrected chi connectivity index (χ0v) is 8.99. The fourth-order valence-corrected chi connectivity index (χ4v) is 1.92. The number of aryl methyl sites for hydroxylation is 1. The zero-order valence-electron chi connectivity index (χ0n) is 8.99. The number of nitrogens with one attached hydrogen (secondary N) is 1. The van der Waals surface area contributed by atoms with Gasteiger partial charge < -0.3 is 15.8 Å². The highest BCUT2D eigenvalue weighted by atomic mass is 16.3. The Bertz CT molecular complexity index is 473. The molecule has 2 unspecified atom stereocenters. The number of aromatic nitrogens is 1. The van der Waals surface area contributed by atoms with Gasteiger partial charge in [0, 0.05) is 28.7 Å². The van der Waals surface area contributed by atoms with Gasteiger partial charge in [-0.3, -0.25) is 0 Å². The molecule has 0 saturated heterocycles. The quantitative estimate of drug-likeness (QED) is 0.699. The SMILES string of the molecule is Cc1cccc2[nH]cc(C(O)C(C)N)c12. The van der Waals surface area contributed by atoms with E-state index in [1.165, 1.54) is 0 Å². The van der Waals surface area contributed by atoms with Gasteiger partial charge in [-0.05, 0) is 25.5 Å². The molecule has 0 spiro atoms. The van der Waals surface area contributed by atoms with Crippen LogP contribution in [-0.2, 0) is 0 Å². The lowest BCUT2D eigenvalue weighted by molar-refractivity contribution is 0.155. The smallest absolute Gasteiger partial charge is 0.0958 e. The van der Waals surface area contributed by atoms with E-state index in [1.54, 1.807) is 0 Å². The van der Waals surface area contributed by atoms with Gasteiger partial charge in [-0.1, -0.05) is 12.1 Å². The minimum Gasteiger partial charge on any atom is -0.387 e. The van der Waals surface area contributed by atoms with E-state index < -0.39 is 6.10 Å². The van der Waals surface area contributed by atoms with Crippen LogP contribution >= 0.6 is 0 Å². The summed E-state index contributed by atoms with van der Waals surface area (Å²) in [7, 11) is 0. The Morgan fingerprint density at radius 3 is 2.80 bits per heavy atom. The fraction of sp³-hybridized carbons (Fsp3) is 0.333. The van der Waals surface area contributed by atoms with Gasteiger partial charge in [-0.2, -0.15) is 0 Å². The maximum Gasteiger partial charge on any atom is 0.0958 e. The van der Waals surface area contributed by atoms with E-state index in [-0.39, 0.29) is 6.04 Å². The van der Waals surface area contributed by atoms with Gasteiger partial charge >= 0.3 is 0 Å². The van der Waals surface area contributed by atoms with E-state index in [0.29, 0.717) is 0 Å². The predicted molar refractivity (Wildman–Crippen MR) is 61.6 cm³/mol. The molecule has 0 aliphatic heterocycles. The van der Waals surface area contributed by atoms with E-state index >= 15 is 0 Å². The minimum absolute atomic E-state index is 0.261. The van der Waals surface area contributed by atoms with E-state index in [0.717, 1.165) is 22.0 Å². The van der Waals surface area contributed by atoms with Gasteiger partial charge in [-0.25, -0.2) is 0 Å². The molecule has 0 saturated carbocycles. The average molecular weight is 204 g/mol. The van der Waals surface area contributed by atoms with Crippen LogP contribution in [0.2, 0.25) is 0 Å². The largest absolute Gasteiger partial charge is 0.387 e. The minimum atomic E-state index is -0.611. The van der Waals surface area contributed by atoms with Crippen molar-refractivity contribution in [2.45, 2.75) is 26.0 Å². The Morgan fingerprint density at radius 1 is 1.40 bits per heavy atom. The number of hydrogen-bond acceptors (Lipinski definition) is 2. The topological polar surface area (TPSA) is 62.0 Å². The monoisotopic (exact) mass is 204 g/mol. The molecule has 2 atom stereocenters. The van der Waals surface area contributed by atoms with Gasteiger partial charge in [-0.15, -0.1) is 0 Å². The van der Waals surface area contributed by atoms with Gasteiger partial charge in [0.1, 0.15) is 0 Å². The van der Waals surface area contributed by atoms with Crippen molar-refractivity contribution >= 4 is 10.9 Å². The van der Waals surface area contributed by atoms with Crippen molar-refractivity contribution in [3.63, 3.8) is 0 Å². The normalized spacial score (nSPS) is 15.5. The summed E-state index contributed by atoms with van der Waals surface area (Å²) in [4.78, 5) is 3.15. The van der Waals surface area contributed by atoms with Gasteiger partial charge in [0.2, 0.25) is 0 Å². The number of rotatable bonds is 2. The molecular formula is C12H16N2O. The molecule has 4 N–H and O–H groups in total. The molecule has 0 amide bonds. The lowest BCUT2D eigenvalue weighted by Gasteiger charge is -2.14. The number of hydrogen-bond donors (Lipinski definition) is 3. The number of aliphatic hydroxyl groups excluding tert-OH is 1.